The van der Waals surface area contributed by atoms with Crippen molar-refractivity contribution in [2.45, 2.75) is 0 Å². The van der Waals surface area contributed by atoms with Gasteiger partial charge in [-0.1, -0.05) is 6.07 Å². The zero-order chi connectivity index (χ0) is 8.55. The van der Waals surface area contributed by atoms with Gasteiger partial charge in [0.1, 0.15) is 0 Å². The molecule has 0 unspecified atom stereocenters. The van der Waals surface area contributed by atoms with Crippen molar-refractivity contribution in [3.63, 3.8) is 0 Å². The zero-order valence-corrected chi connectivity index (χ0v) is 6.16. The van der Waals surface area contributed by atoms with Gasteiger partial charge < -0.3 is 10.1 Å². The van der Waals surface area contributed by atoms with E-state index in [1.807, 2.05) is 6.07 Å². The van der Waals surface area contributed by atoms with Crippen molar-refractivity contribution in [1.82, 2.24) is 4.98 Å². The van der Waals surface area contributed by atoms with E-state index in [9.17, 15) is 4.79 Å². The number of carboxylic acids is 1. The molecule has 0 bridgehead atoms. The maximum absolute atomic E-state index is 10.7. The van der Waals surface area contributed by atoms with E-state index in [0.717, 1.165) is 5.52 Å². The number of nitrogens with one attached hydrogen (secondary N) is 1. The topological polar surface area (TPSA) is 53.1 Å². The first-order chi connectivity index (χ1) is 5.79. The predicted octanol–water partition coefficient (Wildman–Crippen LogP) is 1.67. The Balaban J connectivity index is 2.82. The molecule has 0 atom stereocenters. The van der Waals surface area contributed by atoms with Crippen LogP contribution in [-0.2, 0) is 0 Å². The SMILES string of the molecule is O=C(O)c1cccc2[nH]c[c]c12. The normalized spacial score (nSPS) is 10.3. The Kier molecular flexibility index (Phi) is 1.37. The van der Waals surface area contributed by atoms with Crippen molar-refractivity contribution in [3.05, 3.63) is 36.0 Å². The molecule has 3 heteroatoms. The van der Waals surface area contributed by atoms with Crippen LogP contribution in [0.5, 0.6) is 0 Å². The standard InChI is InChI=1S/C9H6NO2/c11-9(12)7-2-1-3-8-6(7)4-5-10-8/h1-3,5,10H,(H,11,12). The summed E-state index contributed by atoms with van der Waals surface area (Å²) in [5, 5.41) is 9.40. The predicted molar refractivity (Wildman–Crippen MR) is 44.1 cm³/mol. The minimum Gasteiger partial charge on any atom is -0.478 e. The van der Waals surface area contributed by atoms with E-state index < -0.39 is 5.97 Å². The van der Waals surface area contributed by atoms with E-state index in [1.165, 1.54) is 0 Å². The quantitative estimate of drug-likeness (QED) is 0.666. The summed E-state index contributed by atoms with van der Waals surface area (Å²) < 4.78 is 0. The fourth-order valence-corrected chi connectivity index (χ4v) is 1.19. The number of carbonyl (C=O) groups is 1. The molecule has 3 nitrogen and oxygen atoms in total. The third-order valence-electron chi connectivity index (χ3n) is 1.74. The van der Waals surface area contributed by atoms with Crippen molar-refractivity contribution >= 4 is 16.9 Å². The lowest BCUT2D eigenvalue weighted by atomic mass is 10.1. The van der Waals surface area contributed by atoms with E-state index >= 15 is 0 Å². The summed E-state index contributed by atoms with van der Waals surface area (Å²) in [7, 11) is 0. The number of aromatic amines is 1. The number of benzene rings is 1. The first-order valence-electron chi connectivity index (χ1n) is 3.50. The van der Waals surface area contributed by atoms with Gasteiger partial charge in [0.25, 0.3) is 0 Å². The summed E-state index contributed by atoms with van der Waals surface area (Å²) in [6.07, 6.45) is 1.61. The number of H-pyrrole nitrogens is 1. The number of hydrogen-bond acceptors (Lipinski definition) is 1. The van der Waals surface area contributed by atoms with E-state index in [4.69, 9.17) is 5.11 Å². The smallest absolute Gasteiger partial charge is 0.336 e. The molecule has 1 radical (unpaired) electrons. The summed E-state index contributed by atoms with van der Waals surface area (Å²) in [6.45, 7) is 0. The molecule has 2 aromatic rings. The van der Waals surface area contributed by atoms with Crippen LogP contribution in [-0.4, -0.2) is 16.1 Å². The first kappa shape index (κ1) is 6.91. The van der Waals surface area contributed by atoms with E-state index in [1.54, 1.807) is 18.3 Å². The molecule has 1 heterocycles. The highest BCUT2D eigenvalue weighted by Crippen LogP contribution is 2.16. The Labute approximate surface area is 68.6 Å². The van der Waals surface area contributed by atoms with Gasteiger partial charge in [-0.3, -0.25) is 0 Å². The summed E-state index contributed by atoms with van der Waals surface area (Å²) in [4.78, 5) is 13.6. The van der Waals surface area contributed by atoms with Crippen LogP contribution in [0, 0.1) is 6.07 Å². The molecule has 0 saturated carbocycles. The fraction of sp³-hybridized carbons (Fsp3) is 0. The number of hydrogen-bond donors (Lipinski definition) is 2. The summed E-state index contributed by atoms with van der Waals surface area (Å²) in [6, 6.07) is 7.92. The van der Waals surface area contributed by atoms with E-state index in [0.29, 0.717) is 5.39 Å². The maximum atomic E-state index is 10.7. The minimum absolute atomic E-state index is 0.286. The molecule has 59 valence electrons. The molecule has 0 aliphatic rings. The van der Waals surface area contributed by atoms with Crippen molar-refractivity contribution < 1.29 is 9.90 Å². The number of aromatic nitrogens is 1. The third kappa shape index (κ3) is 0.871. The number of fused-ring (bicyclic) bond motifs is 1. The first-order valence-corrected chi connectivity index (χ1v) is 3.50. The summed E-state index contributed by atoms with van der Waals surface area (Å²) in [5.41, 5.74) is 1.09. The summed E-state index contributed by atoms with van der Waals surface area (Å²) >= 11 is 0. The Bertz CT molecular complexity index is 431. The molecule has 0 fully saturated rings. The average molecular weight is 160 g/mol. The van der Waals surface area contributed by atoms with Gasteiger partial charge in [-0.05, 0) is 12.1 Å². The lowest BCUT2D eigenvalue weighted by Crippen LogP contribution is -1.95. The highest BCUT2D eigenvalue weighted by molar-refractivity contribution is 6.02. The van der Waals surface area contributed by atoms with Gasteiger partial charge in [0, 0.05) is 23.2 Å². The molecule has 0 aliphatic heterocycles. The molecule has 2 N–H and O–H groups in total. The van der Waals surface area contributed by atoms with Crippen molar-refractivity contribution in [2.24, 2.45) is 0 Å². The van der Waals surface area contributed by atoms with Crippen molar-refractivity contribution in [3.8, 4) is 0 Å². The fourth-order valence-electron chi connectivity index (χ4n) is 1.19. The molecular formula is C9H6NO2. The molecular weight excluding hydrogens is 154 g/mol. The molecule has 2 rings (SSSR count). The summed E-state index contributed by atoms with van der Waals surface area (Å²) in [5.74, 6) is -0.920. The Morgan fingerprint density at radius 3 is 3.08 bits per heavy atom. The Morgan fingerprint density at radius 1 is 1.50 bits per heavy atom. The van der Waals surface area contributed by atoms with Crippen LogP contribution in [0.15, 0.2) is 24.4 Å². The van der Waals surface area contributed by atoms with Gasteiger partial charge in [-0.2, -0.15) is 0 Å². The second kappa shape index (κ2) is 2.37. The van der Waals surface area contributed by atoms with Crippen molar-refractivity contribution in [1.29, 1.82) is 0 Å². The van der Waals surface area contributed by atoms with Crippen LogP contribution in [0.3, 0.4) is 0 Å². The lowest BCUT2D eigenvalue weighted by Gasteiger charge is -1.94. The van der Waals surface area contributed by atoms with Gasteiger partial charge in [0.15, 0.2) is 0 Å². The van der Waals surface area contributed by atoms with Crippen LogP contribution < -0.4 is 0 Å². The van der Waals surface area contributed by atoms with Crippen LogP contribution in [0.2, 0.25) is 0 Å². The van der Waals surface area contributed by atoms with E-state index in [-0.39, 0.29) is 5.56 Å². The number of rotatable bonds is 1. The largest absolute Gasteiger partial charge is 0.478 e. The highest BCUT2D eigenvalue weighted by Gasteiger charge is 2.07. The molecule has 1 aromatic carbocycles. The van der Waals surface area contributed by atoms with Crippen molar-refractivity contribution in [2.75, 3.05) is 0 Å². The number of aromatic carboxylic acids is 1. The minimum atomic E-state index is -0.920. The molecule has 0 amide bonds. The second-order valence-corrected chi connectivity index (χ2v) is 2.47. The van der Waals surface area contributed by atoms with Gasteiger partial charge in [0.05, 0.1) is 5.56 Å². The Hall–Kier alpha value is -1.77. The average Bonchev–Trinajstić information content (AvgIpc) is 2.49. The lowest BCUT2D eigenvalue weighted by molar-refractivity contribution is 0.0699. The molecule has 0 aliphatic carbocycles. The molecule has 12 heavy (non-hydrogen) atoms. The third-order valence-corrected chi connectivity index (χ3v) is 1.74. The van der Waals surface area contributed by atoms with Gasteiger partial charge in [0.2, 0.25) is 0 Å². The maximum Gasteiger partial charge on any atom is 0.336 e. The Morgan fingerprint density at radius 2 is 2.33 bits per heavy atom. The molecule has 0 spiro atoms. The van der Waals surface area contributed by atoms with Crippen LogP contribution >= 0.6 is 0 Å². The zero-order valence-electron chi connectivity index (χ0n) is 6.16. The molecule has 1 aromatic heterocycles. The van der Waals surface area contributed by atoms with Gasteiger partial charge >= 0.3 is 5.97 Å². The monoisotopic (exact) mass is 160 g/mol. The number of carboxylic acid groups (broad SMARTS) is 1. The van der Waals surface area contributed by atoms with Crippen LogP contribution in [0.4, 0.5) is 0 Å². The van der Waals surface area contributed by atoms with Gasteiger partial charge in [-0.25, -0.2) is 4.79 Å². The van der Waals surface area contributed by atoms with Crippen LogP contribution in [0.1, 0.15) is 10.4 Å². The van der Waals surface area contributed by atoms with Gasteiger partial charge in [-0.15, -0.1) is 0 Å². The second-order valence-electron chi connectivity index (χ2n) is 2.47. The van der Waals surface area contributed by atoms with Crippen LogP contribution in [0.25, 0.3) is 10.9 Å². The highest BCUT2D eigenvalue weighted by atomic mass is 16.4. The van der Waals surface area contributed by atoms with E-state index in [2.05, 4.69) is 11.1 Å². The molecule has 0 saturated heterocycles.